The SMILES string of the molecule is CCCCOC(=O)c1ccc(Nc2nc(N)nc(NCCC[Si](C)(O[Si](C)(C)C)O[Si](C)(CCCNc3nc(Nc4ccc(C(=O)OCCCC)cc4)nc(Nc4ccc(C(=O)OCCCC)cc4)n3)O[Si](C)(C)C)n2)cc1. The van der Waals surface area contributed by atoms with Crippen molar-refractivity contribution in [2.45, 2.75) is 137 Å². The number of nitrogens with two attached hydrogens (primary N) is 1. The number of esters is 3. The number of rotatable bonds is 34. The number of nitrogen functional groups attached to an aromatic ring is 1. The molecule has 0 saturated carbocycles. The summed E-state index contributed by atoms with van der Waals surface area (Å²) in [7, 11) is -9.97. The third-order valence-electron chi connectivity index (χ3n) is 11.3. The van der Waals surface area contributed by atoms with E-state index in [1.54, 1.807) is 72.8 Å². The van der Waals surface area contributed by atoms with Gasteiger partial charge in [-0.3, -0.25) is 0 Å². The minimum atomic E-state index is -2.89. The Bertz CT molecular complexity index is 2600. The van der Waals surface area contributed by atoms with Crippen molar-refractivity contribution < 1.29 is 40.9 Å². The van der Waals surface area contributed by atoms with Gasteiger partial charge in [0, 0.05) is 30.2 Å². The van der Waals surface area contributed by atoms with Crippen LogP contribution in [0.5, 0.6) is 0 Å². The van der Waals surface area contributed by atoms with Crippen molar-refractivity contribution in [1.82, 2.24) is 29.9 Å². The molecule has 2 heterocycles. The highest BCUT2D eigenvalue weighted by molar-refractivity contribution is 6.89. The number of benzene rings is 3. The summed E-state index contributed by atoms with van der Waals surface area (Å²) in [6.45, 7) is 25.6. The summed E-state index contributed by atoms with van der Waals surface area (Å²) in [5.74, 6) is 0.339. The van der Waals surface area contributed by atoms with E-state index in [2.05, 4.69) is 98.9 Å². The van der Waals surface area contributed by atoms with Crippen molar-refractivity contribution in [3.05, 3.63) is 89.5 Å². The van der Waals surface area contributed by atoms with Crippen LogP contribution < -0.4 is 32.3 Å². The van der Waals surface area contributed by atoms with Crippen LogP contribution in [-0.4, -0.2) is 114 Å². The summed E-state index contributed by atoms with van der Waals surface area (Å²) < 4.78 is 37.5. The molecule has 0 aliphatic rings. The second-order valence-electron chi connectivity index (χ2n) is 21.1. The Balaban J connectivity index is 1.26. The molecule has 0 aliphatic carbocycles. The second kappa shape index (κ2) is 30.1. The van der Waals surface area contributed by atoms with E-state index in [9.17, 15) is 14.4 Å². The Kier molecular flexibility index (Phi) is 24.1. The largest absolute Gasteiger partial charge is 0.462 e. The van der Waals surface area contributed by atoms with Gasteiger partial charge in [-0.2, -0.15) is 29.9 Å². The van der Waals surface area contributed by atoms with E-state index in [1.807, 2.05) is 20.8 Å². The van der Waals surface area contributed by atoms with Gasteiger partial charge >= 0.3 is 35.0 Å². The first-order valence-electron chi connectivity index (χ1n) is 27.0. The lowest BCUT2D eigenvalue weighted by Gasteiger charge is -2.43. The molecule has 0 spiro atoms. The summed E-state index contributed by atoms with van der Waals surface area (Å²) in [4.78, 5) is 64.8. The number of hydrogen-bond acceptors (Lipinski definition) is 21. The van der Waals surface area contributed by atoms with Crippen LogP contribution >= 0.6 is 0 Å². The maximum Gasteiger partial charge on any atom is 0.338 e. The number of ether oxygens (including phenoxy) is 3. The number of nitrogens with zero attached hydrogens (tertiary/aromatic N) is 6. The van der Waals surface area contributed by atoms with Gasteiger partial charge in [-0.15, -0.1) is 0 Å². The van der Waals surface area contributed by atoms with Gasteiger partial charge in [0.15, 0.2) is 16.6 Å². The molecule has 78 heavy (non-hydrogen) atoms. The molecule has 0 saturated heterocycles. The quantitative estimate of drug-likeness (QED) is 0.00967. The molecule has 21 nitrogen and oxygen atoms in total. The summed E-state index contributed by atoms with van der Waals surface area (Å²) in [5, 5.41) is 16.4. The number of hydrogen-bond donors (Lipinski definition) is 6. The molecule has 0 amide bonds. The number of anilines is 9. The molecular formula is C53H82N12O9Si4. The predicted octanol–water partition coefficient (Wildman–Crippen LogP) is 11.9. The Labute approximate surface area is 464 Å². The van der Waals surface area contributed by atoms with Gasteiger partial charge in [0.2, 0.25) is 35.7 Å². The zero-order valence-corrected chi connectivity index (χ0v) is 51.5. The molecule has 424 valence electrons. The average Bonchev–Trinajstić information content (AvgIpc) is 3.36. The molecule has 0 bridgehead atoms. The zero-order valence-electron chi connectivity index (χ0n) is 47.5. The lowest BCUT2D eigenvalue weighted by molar-refractivity contribution is 0.0490. The second-order valence-corrected chi connectivity index (χ2v) is 37.5. The van der Waals surface area contributed by atoms with E-state index in [0.29, 0.717) is 103 Å². The van der Waals surface area contributed by atoms with E-state index >= 15 is 0 Å². The van der Waals surface area contributed by atoms with E-state index in [1.165, 1.54) is 0 Å². The summed E-state index contributed by atoms with van der Waals surface area (Å²) in [6, 6.07) is 22.1. The molecule has 5 rings (SSSR count). The Hall–Kier alpha value is -6.36. The van der Waals surface area contributed by atoms with Crippen molar-refractivity contribution in [3.8, 4) is 0 Å². The first-order valence-corrected chi connectivity index (χ1v) is 38.9. The lowest BCUT2D eigenvalue weighted by atomic mass is 10.2. The van der Waals surface area contributed by atoms with Crippen molar-refractivity contribution in [3.63, 3.8) is 0 Å². The maximum atomic E-state index is 12.6. The third kappa shape index (κ3) is 22.5. The lowest BCUT2D eigenvalue weighted by Crippen LogP contribution is -2.58. The van der Waals surface area contributed by atoms with Gasteiger partial charge in [-0.1, -0.05) is 40.0 Å². The fourth-order valence-corrected chi connectivity index (χ4v) is 26.3. The topological polar surface area (TPSA) is 270 Å². The Morgan fingerprint density at radius 1 is 0.423 bits per heavy atom. The number of aromatic nitrogens is 6. The van der Waals surface area contributed by atoms with Gasteiger partial charge < -0.3 is 58.9 Å². The Morgan fingerprint density at radius 3 is 1.04 bits per heavy atom. The minimum absolute atomic E-state index is 0.0508. The van der Waals surface area contributed by atoms with Crippen molar-refractivity contribution in [2.24, 2.45) is 0 Å². The number of carbonyl (C=O) groups excluding carboxylic acids is 3. The molecule has 2 aromatic heterocycles. The van der Waals surface area contributed by atoms with E-state index in [4.69, 9.17) is 42.3 Å². The number of nitrogens with one attached hydrogen (secondary N) is 5. The van der Waals surface area contributed by atoms with E-state index < -0.39 is 33.8 Å². The fourth-order valence-electron chi connectivity index (χ4n) is 7.95. The van der Waals surface area contributed by atoms with Crippen molar-refractivity contribution >= 4 is 104 Å². The standard InChI is InChI=1S/C53H82N12O9Si4/c1-12-15-34-69-45(66)39-20-26-42(27-21-39)57-51-61-48(54)60-49(62-51)55-32-18-37-77(10,72-75(4,5)6)74-78(11,73-76(7,8)9)38-19-33-56-50-63-52(58-43-28-22-40(23-29-43)46(67)70-35-16-13-2)65-53(64-50)59-44-30-24-41(25-31-44)47(68)71-36-17-14-3/h20-31H,12-19,32-38H2,1-11H3,(H4,54,55,57,60,61,62)(H3,56,58,59,63,64,65). The Morgan fingerprint density at radius 2 is 0.718 bits per heavy atom. The van der Waals surface area contributed by atoms with Crippen LogP contribution in [0.15, 0.2) is 72.8 Å². The van der Waals surface area contributed by atoms with Gasteiger partial charge in [-0.25, -0.2) is 14.4 Å². The predicted molar refractivity (Wildman–Crippen MR) is 318 cm³/mol. The highest BCUT2D eigenvalue weighted by Gasteiger charge is 2.46. The highest BCUT2D eigenvalue weighted by Crippen LogP contribution is 2.31. The zero-order chi connectivity index (χ0) is 56.8. The normalized spacial score (nSPS) is 13.1. The molecule has 3 aromatic carbocycles. The molecule has 0 aliphatic heterocycles. The van der Waals surface area contributed by atoms with E-state index in [0.717, 1.165) is 38.5 Å². The first kappa shape index (κ1) is 62.5. The third-order valence-corrected chi connectivity index (χ3v) is 25.6. The molecule has 0 fully saturated rings. The monoisotopic (exact) mass is 1140 g/mol. The van der Waals surface area contributed by atoms with Crippen molar-refractivity contribution in [2.75, 3.05) is 65.2 Å². The summed E-state index contributed by atoms with van der Waals surface area (Å²) in [6.07, 6.45) is 6.59. The van der Waals surface area contributed by atoms with Crippen LogP contribution in [0, 0.1) is 0 Å². The first-order chi connectivity index (χ1) is 37.0. The smallest absolute Gasteiger partial charge is 0.338 e. The van der Waals surface area contributed by atoms with E-state index in [-0.39, 0.29) is 41.7 Å². The maximum absolute atomic E-state index is 12.6. The van der Waals surface area contributed by atoms with Gasteiger partial charge in [0.05, 0.1) is 36.5 Å². The number of unbranched alkanes of at least 4 members (excludes halogenated alkanes) is 3. The van der Waals surface area contributed by atoms with Crippen LogP contribution in [0.25, 0.3) is 0 Å². The summed E-state index contributed by atoms with van der Waals surface area (Å²) >= 11 is 0. The van der Waals surface area contributed by atoms with Gasteiger partial charge in [0.1, 0.15) is 0 Å². The molecule has 7 N–H and O–H groups in total. The molecule has 25 heteroatoms. The molecule has 0 radical (unpaired) electrons. The molecule has 2 atom stereocenters. The number of carbonyl (C=O) groups is 3. The van der Waals surface area contributed by atoms with Crippen molar-refractivity contribution in [1.29, 1.82) is 0 Å². The van der Waals surface area contributed by atoms with Crippen LogP contribution in [0.4, 0.5) is 52.8 Å². The van der Waals surface area contributed by atoms with Crippen LogP contribution in [0.3, 0.4) is 0 Å². The van der Waals surface area contributed by atoms with Gasteiger partial charge in [0.25, 0.3) is 0 Å². The van der Waals surface area contributed by atoms with Gasteiger partial charge in [-0.05, 0) is 169 Å². The van der Waals surface area contributed by atoms with Crippen LogP contribution in [0.2, 0.25) is 64.5 Å². The fraction of sp³-hybridized carbons (Fsp3) is 0.491. The summed E-state index contributed by atoms with van der Waals surface area (Å²) in [5.41, 5.74) is 9.43. The molecular weight excluding hydrogens is 1060 g/mol. The van der Waals surface area contributed by atoms with Crippen LogP contribution in [0.1, 0.15) is 103 Å². The average molecular weight is 1140 g/mol. The molecule has 5 aromatic rings. The minimum Gasteiger partial charge on any atom is -0.462 e. The highest BCUT2D eigenvalue weighted by atomic mass is 28.5. The molecule has 2 unspecified atom stereocenters. The van der Waals surface area contributed by atoms with Crippen LogP contribution in [-0.2, 0) is 26.6 Å².